The van der Waals surface area contributed by atoms with Crippen LogP contribution in [0.4, 0.5) is 5.13 Å². The highest BCUT2D eigenvalue weighted by Gasteiger charge is 2.14. The summed E-state index contributed by atoms with van der Waals surface area (Å²) in [5.74, 6) is -0.0578. The number of hydrogen-bond acceptors (Lipinski definition) is 5. The second-order valence-electron chi connectivity index (χ2n) is 4.45. The van der Waals surface area contributed by atoms with E-state index in [0.717, 1.165) is 29.8 Å². The molecule has 0 saturated carbocycles. The van der Waals surface area contributed by atoms with Gasteiger partial charge in [-0.15, -0.1) is 10.2 Å². The second-order valence-corrected chi connectivity index (χ2v) is 7.24. The Labute approximate surface area is 123 Å². The van der Waals surface area contributed by atoms with Crippen molar-refractivity contribution in [2.45, 2.75) is 31.9 Å². The number of rotatable bonds is 7. The van der Waals surface area contributed by atoms with Crippen molar-refractivity contribution in [1.29, 1.82) is 0 Å². The van der Waals surface area contributed by atoms with E-state index in [0.29, 0.717) is 5.13 Å². The predicted octanol–water partition coefficient (Wildman–Crippen LogP) is 2.82. The van der Waals surface area contributed by atoms with Gasteiger partial charge in [-0.05, 0) is 12.0 Å². The van der Waals surface area contributed by atoms with Gasteiger partial charge in [-0.25, -0.2) is 8.42 Å². The molecule has 0 amide bonds. The minimum Gasteiger partial charge on any atom is -0.257 e. The average molecular weight is 311 g/mol. The van der Waals surface area contributed by atoms with Gasteiger partial charge in [-0.3, -0.25) is 4.72 Å². The maximum absolute atomic E-state index is 12.0. The van der Waals surface area contributed by atoms with Gasteiger partial charge in [-0.1, -0.05) is 55.0 Å². The molecule has 0 aliphatic heterocycles. The standard InChI is InChI=1S/C13H17N3O2S2/c1-2-3-9-12-14-15-13(19-12)16-20(17,18)10-11-7-5-4-6-8-11/h4-8H,2-3,9-10H2,1H3,(H,15,16). The Morgan fingerprint density at radius 3 is 2.65 bits per heavy atom. The molecule has 0 bridgehead atoms. The van der Waals surface area contributed by atoms with E-state index in [1.165, 1.54) is 11.3 Å². The third-order valence-electron chi connectivity index (χ3n) is 2.65. The smallest absolute Gasteiger partial charge is 0.238 e. The predicted molar refractivity (Wildman–Crippen MR) is 81.2 cm³/mol. The number of nitrogens with one attached hydrogen (secondary N) is 1. The topological polar surface area (TPSA) is 72.0 Å². The Kier molecular flexibility index (Phi) is 5.08. The lowest BCUT2D eigenvalue weighted by molar-refractivity contribution is 0.600. The number of anilines is 1. The normalized spacial score (nSPS) is 11.4. The van der Waals surface area contributed by atoms with Crippen LogP contribution in [0.5, 0.6) is 0 Å². The zero-order valence-electron chi connectivity index (χ0n) is 11.2. The maximum Gasteiger partial charge on any atom is 0.238 e. The van der Waals surface area contributed by atoms with Crippen LogP contribution in [0.15, 0.2) is 30.3 Å². The van der Waals surface area contributed by atoms with E-state index in [1.54, 1.807) is 12.1 Å². The average Bonchev–Trinajstić information content (AvgIpc) is 2.83. The van der Waals surface area contributed by atoms with Crippen molar-refractivity contribution in [2.75, 3.05) is 4.72 Å². The number of aryl methyl sites for hydroxylation is 1. The second kappa shape index (κ2) is 6.81. The van der Waals surface area contributed by atoms with Crippen LogP contribution in [-0.4, -0.2) is 18.6 Å². The summed E-state index contributed by atoms with van der Waals surface area (Å²) in [6.45, 7) is 2.10. The number of sulfonamides is 1. The van der Waals surface area contributed by atoms with Gasteiger partial charge in [0.25, 0.3) is 0 Å². The quantitative estimate of drug-likeness (QED) is 0.853. The van der Waals surface area contributed by atoms with E-state index < -0.39 is 10.0 Å². The number of unbranched alkanes of at least 4 members (excludes halogenated alkanes) is 1. The van der Waals surface area contributed by atoms with Gasteiger partial charge in [0.2, 0.25) is 15.2 Å². The molecule has 108 valence electrons. The van der Waals surface area contributed by atoms with Crippen molar-refractivity contribution in [1.82, 2.24) is 10.2 Å². The van der Waals surface area contributed by atoms with Crippen LogP contribution >= 0.6 is 11.3 Å². The Balaban J connectivity index is 1.99. The monoisotopic (exact) mass is 311 g/mol. The third kappa shape index (κ3) is 4.57. The fourth-order valence-electron chi connectivity index (χ4n) is 1.69. The molecule has 0 radical (unpaired) electrons. The first-order valence-electron chi connectivity index (χ1n) is 6.46. The van der Waals surface area contributed by atoms with Gasteiger partial charge in [-0.2, -0.15) is 0 Å². The van der Waals surface area contributed by atoms with E-state index in [-0.39, 0.29) is 5.75 Å². The molecule has 0 aliphatic carbocycles. The van der Waals surface area contributed by atoms with Crippen LogP contribution in [-0.2, 0) is 22.2 Å². The molecule has 2 rings (SSSR count). The van der Waals surface area contributed by atoms with Crippen molar-refractivity contribution < 1.29 is 8.42 Å². The lowest BCUT2D eigenvalue weighted by Crippen LogP contribution is -2.14. The van der Waals surface area contributed by atoms with Crippen molar-refractivity contribution in [2.24, 2.45) is 0 Å². The molecule has 0 fully saturated rings. The van der Waals surface area contributed by atoms with Gasteiger partial charge < -0.3 is 0 Å². The van der Waals surface area contributed by atoms with E-state index in [1.807, 2.05) is 18.2 Å². The highest BCUT2D eigenvalue weighted by molar-refractivity contribution is 7.92. The lowest BCUT2D eigenvalue weighted by atomic mass is 10.2. The number of hydrogen-bond donors (Lipinski definition) is 1. The summed E-state index contributed by atoms with van der Waals surface area (Å²) in [5, 5.41) is 9.07. The molecule has 1 N–H and O–H groups in total. The first kappa shape index (κ1) is 14.9. The molecule has 5 nitrogen and oxygen atoms in total. The lowest BCUT2D eigenvalue weighted by Gasteiger charge is -2.04. The fraction of sp³-hybridized carbons (Fsp3) is 0.385. The van der Waals surface area contributed by atoms with E-state index >= 15 is 0 Å². The van der Waals surface area contributed by atoms with Crippen LogP contribution in [0.3, 0.4) is 0 Å². The first-order chi connectivity index (χ1) is 9.59. The SMILES string of the molecule is CCCCc1nnc(NS(=O)(=O)Cc2ccccc2)s1. The molecule has 2 aromatic rings. The van der Waals surface area contributed by atoms with Crippen molar-refractivity contribution >= 4 is 26.5 Å². The summed E-state index contributed by atoms with van der Waals surface area (Å²) in [7, 11) is -3.44. The molecule has 1 aromatic heterocycles. The summed E-state index contributed by atoms with van der Waals surface area (Å²) >= 11 is 1.30. The Morgan fingerprint density at radius 1 is 1.20 bits per heavy atom. The molecule has 7 heteroatoms. The minimum atomic E-state index is -3.44. The number of benzene rings is 1. The summed E-state index contributed by atoms with van der Waals surface area (Å²) in [5.41, 5.74) is 0.746. The zero-order chi connectivity index (χ0) is 14.4. The Bertz CT molecular complexity index is 639. The van der Waals surface area contributed by atoms with Crippen molar-refractivity contribution in [3.8, 4) is 0 Å². The van der Waals surface area contributed by atoms with Gasteiger partial charge in [0.15, 0.2) is 0 Å². The van der Waals surface area contributed by atoms with Crippen LogP contribution in [0, 0.1) is 0 Å². The molecular weight excluding hydrogens is 294 g/mol. The summed E-state index contributed by atoms with van der Waals surface area (Å²) in [6.07, 6.45) is 2.95. The van der Waals surface area contributed by atoms with Gasteiger partial charge in [0.1, 0.15) is 5.01 Å². The Morgan fingerprint density at radius 2 is 1.95 bits per heavy atom. The van der Waals surface area contributed by atoms with Gasteiger partial charge >= 0.3 is 0 Å². The molecule has 20 heavy (non-hydrogen) atoms. The number of aromatic nitrogens is 2. The van der Waals surface area contributed by atoms with Gasteiger partial charge in [0, 0.05) is 6.42 Å². The molecule has 0 unspecified atom stereocenters. The minimum absolute atomic E-state index is 0.0578. The first-order valence-corrected chi connectivity index (χ1v) is 8.93. The molecule has 0 saturated heterocycles. The van der Waals surface area contributed by atoms with E-state index in [2.05, 4.69) is 21.8 Å². The molecule has 1 heterocycles. The van der Waals surface area contributed by atoms with Crippen molar-refractivity contribution in [3.63, 3.8) is 0 Å². The number of nitrogens with zero attached hydrogens (tertiary/aromatic N) is 2. The molecule has 0 aliphatic rings. The highest BCUT2D eigenvalue weighted by atomic mass is 32.2. The molecule has 1 aromatic carbocycles. The summed E-state index contributed by atoms with van der Waals surface area (Å²) in [4.78, 5) is 0. The van der Waals surface area contributed by atoms with Gasteiger partial charge in [0.05, 0.1) is 5.75 Å². The zero-order valence-corrected chi connectivity index (χ0v) is 12.9. The van der Waals surface area contributed by atoms with Crippen LogP contribution < -0.4 is 4.72 Å². The largest absolute Gasteiger partial charge is 0.257 e. The third-order valence-corrected chi connectivity index (χ3v) is 4.90. The molecule has 0 atom stereocenters. The molecule has 0 spiro atoms. The summed E-state index contributed by atoms with van der Waals surface area (Å²) < 4.78 is 26.5. The van der Waals surface area contributed by atoms with Crippen molar-refractivity contribution in [3.05, 3.63) is 40.9 Å². The van der Waals surface area contributed by atoms with E-state index in [4.69, 9.17) is 0 Å². The maximum atomic E-state index is 12.0. The highest BCUT2D eigenvalue weighted by Crippen LogP contribution is 2.19. The van der Waals surface area contributed by atoms with Crippen LogP contribution in [0.2, 0.25) is 0 Å². The van der Waals surface area contributed by atoms with E-state index in [9.17, 15) is 8.42 Å². The summed E-state index contributed by atoms with van der Waals surface area (Å²) in [6, 6.07) is 9.06. The van der Waals surface area contributed by atoms with Crippen LogP contribution in [0.25, 0.3) is 0 Å². The fourth-order valence-corrected chi connectivity index (χ4v) is 3.88. The Hall–Kier alpha value is -1.47. The van der Waals surface area contributed by atoms with Crippen LogP contribution in [0.1, 0.15) is 30.3 Å². The molecular formula is C13H17N3O2S2.